The van der Waals surface area contributed by atoms with Crippen LogP contribution in [0.3, 0.4) is 0 Å². The molecule has 1 heterocycles. The summed E-state index contributed by atoms with van der Waals surface area (Å²) in [4.78, 5) is 18.0. The molecule has 32 heavy (non-hydrogen) atoms. The standard InChI is InChI=1S/C26H33NO4S/c1-18(2)12-20(14-23(32)17-21-8-6-7-11-27-21)13-22(28)10-9-19-15-24(29-3)26(31-5)25(16-19)30-4/h6-11,15-16,18,20H,12-14,17H2,1-5H3/b10-9+. The van der Waals surface area contributed by atoms with E-state index in [9.17, 15) is 4.79 Å². The zero-order valence-corrected chi connectivity index (χ0v) is 20.4. The third-order valence-corrected chi connectivity index (χ3v) is 5.38. The van der Waals surface area contributed by atoms with Gasteiger partial charge >= 0.3 is 0 Å². The van der Waals surface area contributed by atoms with Crippen LogP contribution in [0.2, 0.25) is 0 Å². The first-order chi connectivity index (χ1) is 15.4. The summed E-state index contributed by atoms with van der Waals surface area (Å²) in [6.07, 6.45) is 8.00. The molecule has 0 aliphatic rings. The van der Waals surface area contributed by atoms with Gasteiger partial charge in [-0.3, -0.25) is 9.78 Å². The minimum atomic E-state index is 0.0741. The second-order valence-electron chi connectivity index (χ2n) is 8.20. The summed E-state index contributed by atoms with van der Waals surface area (Å²) >= 11 is 5.63. The summed E-state index contributed by atoms with van der Waals surface area (Å²) in [7, 11) is 4.70. The van der Waals surface area contributed by atoms with Gasteiger partial charge in [0.15, 0.2) is 17.3 Å². The van der Waals surface area contributed by atoms with Gasteiger partial charge in [0.2, 0.25) is 5.75 Å². The number of methoxy groups -OCH3 is 3. The van der Waals surface area contributed by atoms with Crippen LogP contribution in [0.5, 0.6) is 17.2 Å². The predicted molar refractivity (Wildman–Crippen MR) is 133 cm³/mol. The van der Waals surface area contributed by atoms with Gasteiger partial charge in [-0.25, -0.2) is 0 Å². The van der Waals surface area contributed by atoms with E-state index in [0.29, 0.717) is 36.0 Å². The Bertz CT molecular complexity index is 900. The maximum Gasteiger partial charge on any atom is 0.203 e. The average Bonchev–Trinajstić information content (AvgIpc) is 2.76. The van der Waals surface area contributed by atoms with E-state index >= 15 is 0 Å². The van der Waals surface area contributed by atoms with Crippen LogP contribution in [-0.4, -0.2) is 37.0 Å². The van der Waals surface area contributed by atoms with Crippen LogP contribution in [0.1, 0.15) is 44.4 Å². The lowest BCUT2D eigenvalue weighted by molar-refractivity contribution is -0.115. The predicted octanol–water partition coefficient (Wildman–Crippen LogP) is 5.74. The minimum Gasteiger partial charge on any atom is -0.493 e. The molecule has 0 spiro atoms. The largest absolute Gasteiger partial charge is 0.493 e. The molecule has 1 atom stereocenters. The van der Waals surface area contributed by atoms with Crippen LogP contribution in [0.25, 0.3) is 6.08 Å². The van der Waals surface area contributed by atoms with Gasteiger partial charge in [-0.1, -0.05) is 38.2 Å². The number of ketones is 1. The third kappa shape index (κ3) is 8.08. The van der Waals surface area contributed by atoms with Crippen LogP contribution >= 0.6 is 12.2 Å². The number of hydrogen-bond acceptors (Lipinski definition) is 6. The fourth-order valence-electron chi connectivity index (χ4n) is 3.74. The zero-order valence-electron chi connectivity index (χ0n) is 19.6. The van der Waals surface area contributed by atoms with Gasteiger partial charge in [0, 0.05) is 24.7 Å². The topological polar surface area (TPSA) is 57.7 Å². The van der Waals surface area contributed by atoms with E-state index in [4.69, 9.17) is 26.4 Å². The fourth-order valence-corrected chi connectivity index (χ4v) is 4.13. The third-order valence-electron chi connectivity index (χ3n) is 5.06. The maximum absolute atomic E-state index is 12.8. The molecule has 172 valence electrons. The molecule has 0 saturated heterocycles. The van der Waals surface area contributed by atoms with Gasteiger partial charge in [-0.15, -0.1) is 0 Å². The van der Waals surface area contributed by atoms with E-state index < -0.39 is 0 Å². The summed E-state index contributed by atoms with van der Waals surface area (Å²) in [5.74, 6) is 2.41. The van der Waals surface area contributed by atoms with Crippen LogP contribution in [0, 0.1) is 11.8 Å². The molecule has 0 aliphatic heterocycles. The van der Waals surface area contributed by atoms with E-state index in [2.05, 4.69) is 18.8 Å². The fraction of sp³-hybridized carbons (Fsp3) is 0.423. The molecular formula is C26H33NO4S. The molecule has 0 fully saturated rings. The van der Waals surface area contributed by atoms with Gasteiger partial charge in [-0.05, 0) is 65.4 Å². The van der Waals surface area contributed by atoms with E-state index in [1.807, 2.05) is 30.3 Å². The molecule has 1 aromatic heterocycles. The van der Waals surface area contributed by atoms with Crippen molar-refractivity contribution >= 4 is 28.9 Å². The van der Waals surface area contributed by atoms with Crippen molar-refractivity contribution in [3.63, 3.8) is 0 Å². The lowest BCUT2D eigenvalue weighted by Gasteiger charge is -2.18. The van der Waals surface area contributed by atoms with Gasteiger partial charge in [0.25, 0.3) is 0 Å². The highest BCUT2D eigenvalue weighted by Crippen LogP contribution is 2.38. The second kappa shape index (κ2) is 13.0. The lowest BCUT2D eigenvalue weighted by atomic mass is 9.87. The summed E-state index contributed by atoms with van der Waals surface area (Å²) in [6.45, 7) is 4.34. The SMILES string of the molecule is COc1cc(/C=C/C(=O)CC(CC(=S)Cc2ccccn2)CC(C)C)cc(OC)c1OC. The Morgan fingerprint density at radius 2 is 1.75 bits per heavy atom. The Hall–Kier alpha value is -2.73. The van der Waals surface area contributed by atoms with Crippen molar-refractivity contribution in [3.05, 3.63) is 53.9 Å². The Kier molecular flexibility index (Phi) is 10.3. The number of carbonyl (C=O) groups is 1. The van der Waals surface area contributed by atoms with Crippen LogP contribution in [0.15, 0.2) is 42.6 Å². The van der Waals surface area contributed by atoms with Crippen molar-refractivity contribution in [1.29, 1.82) is 0 Å². The number of nitrogens with zero attached hydrogens (tertiary/aromatic N) is 1. The van der Waals surface area contributed by atoms with Gasteiger partial charge in [-0.2, -0.15) is 0 Å². The molecule has 2 aromatic rings. The van der Waals surface area contributed by atoms with Crippen molar-refractivity contribution in [2.45, 2.75) is 39.5 Å². The number of thiocarbonyl (C=S) groups is 1. The zero-order chi connectivity index (χ0) is 23.5. The Balaban J connectivity index is 2.06. The van der Waals surface area contributed by atoms with E-state index in [-0.39, 0.29) is 11.7 Å². The number of aromatic nitrogens is 1. The molecule has 0 aliphatic carbocycles. The smallest absolute Gasteiger partial charge is 0.203 e. The molecule has 5 nitrogen and oxygen atoms in total. The normalized spacial score (nSPS) is 12.1. The number of benzene rings is 1. The van der Waals surface area contributed by atoms with Gasteiger partial charge < -0.3 is 14.2 Å². The molecule has 0 N–H and O–H groups in total. The Morgan fingerprint density at radius 3 is 2.28 bits per heavy atom. The van der Waals surface area contributed by atoms with Gasteiger partial charge in [0.1, 0.15) is 0 Å². The summed E-state index contributed by atoms with van der Waals surface area (Å²) in [5, 5.41) is 0. The number of hydrogen-bond donors (Lipinski definition) is 0. The molecule has 0 amide bonds. The first-order valence-electron chi connectivity index (χ1n) is 10.8. The molecule has 1 aromatic carbocycles. The highest BCUT2D eigenvalue weighted by atomic mass is 32.1. The van der Waals surface area contributed by atoms with Gasteiger partial charge in [0.05, 0.1) is 21.3 Å². The second-order valence-corrected chi connectivity index (χ2v) is 8.78. The number of ether oxygens (including phenoxy) is 3. The maximum atomic E-state index is 12.8. The van der Waals surface area contributed by atoms with Crippen molar-refractivity contribution in [3.8, 4) is 17.2 Å². The molecule has 2 rings (SSSR count). The molecule has 6 heteroatoms. The average molecular weight is 456 g/mol. The molecule has 0 radical (unpaired) electrons. The molecule has 0 bridgehead atoms. The molecule has 0 saturated carbocycles. The van der Waals surface area contributed by atoms with Crippen molar-refractivity contribution < 1.29 is 19.0 Å². The first-order valence-corrected chi connectivity index (χ1v) is 11.2. The van der Waals surface area contributed by atoms with Crippen molar-refractivity contribution in [1.82, 2.24) is 4.98 Å². The number of allylic oxidation sites excluding steroid dienone is 1. The van der Waals surface area contributed by atoms with Crippen molar-refractivity contribution in [2.24, 2.45) is 11.8 Å². The lowest BCUT2D eigenvalue weighted by Crippen LogP contribution is -2.15. The Labute approximate surface area is 196 Å². The molecular weight excluding hydrogens is 422 g/mol. The number of pyridine rings is 1. The Morgan fingerprint density at radius 1 is 1.06 bits per heavy atom. The quantitative estimate of drug-likeness (QED) is 0.283. The van der Waals surface area contributed by atoms with Crippen LogP contribution in [-0.2, 0) is 11.2 Å². The van der Waals surface area contributed by atoms with E-state index in [1.165, 1.54) is 0 Å². The van der Waals surface area contributed by atoms with Crippen LogP contribution < -0.4 is 14.2 Å². The number of carbonyl (C=O) groups excluding carboxylic acids is 1. The highest BCUT2D eigenvalue weighted by molar-refractivity contribution is 7.80. The molecule has 1 unspecified atom stereocenters. The highest BCUT2D eigenvalue weighted by Gasteiger charge is 2.17. The first kappa shape index (κ1) is 25.5. The van der Waals surface area contributed by atoms with Crippen LogP contribution in [0.4, 0.5) is 0 Å². The minimum absolute atomic E-state index is 0.0741. The van der Waals surface area contributed by atoms with E-state index in [1.54, 1.807) is 39.7 Å². The number of rotatable bonds is 13. The van der Waals surface area contributed by atoms with E-state index in [0.717, 1.165) is 29.0 Å². The summed E-state index contributed by atoms with van der Waals surface area (Å²) in [6, 6.07) is 9.48. The summed E-state index contributed by atoms with van der Waals surface area (Å²) in [5.41, 5.74) is 1.77. The monoisotopic (exact) mass is 455 g/mol. The summed E-state index contributed by atoms with van der Waals surface area (Å²) < 4.78 is 16.1. The van der Waals surface area contributed by atoms with Crippen molar-refractivity contribution in [2.75, 3.05) is 21.3 Å².